The van der Waals surface area contributed by atoms with E-state index in [2.05, 4.69) is 11.9 Å². The molecular formula is C31H32N2O5. The highest BCUT2D eigenvalue weighted by Gasteiger charge is 2.46. The van der Waals surface area contributed by atoms with Crippen LogP contribution in [-0.2, 0) is 22.6 Å². The molecule has 0 radical (unpaired) electrons. The molecule has 5 rings (SSSR count). The molecule has 7 heteroatoms. The second kappa shape index (κ2) is 11.1. The number of aliphatic hydroxyl groups excluding tert-OH is 1. The Kier molecular flexibility index (Phi) is 7.45. The predicted octanol–water partition coefficient (Wildman–Crippen LogP) is 5.60. The number of ketones is 1. The number of fused-ring (bicyclic) bond motifs is 1. The molecule has 7 nitrogen and oxygen atoms in total. The van der Waals surface area contributed by atoms with Crippen LogP contribution >= 0.6 is 0 Å². The maximum Gasteiger partial charge on any atom is 0.295 e. The van der Waals surface area contributed by atoms with E-state index in [1.165, 1.54) is 4.90 Å². The molecule has 3 aromatic rings. The number of aliphatic hydroxyl groups is 1. The van der Waals surface area contributed by atoms with Crippen molar-refractivity contribution in [2.45, 2.75) is 58.2 Å². The van der Waals surface area contributed by atoms with Crippen molar-refractivity contribution < 1.29 is 24.2 Å². The van der Waals surface area contributed by atoms with Crippen molar-refractivity contribution >= 4 is 17.4 Å². The van der Waals surface area contributed by atoms with Gasteiger partial charge >= 0.3 is 0 Å². The molecule has 1 N–H and O–H groups in total. The number of pyridine rings is 1. The average molecular weight is 513 g/mol. The first kappa shape index (κ1) is 25.5. The Bertz CT molecular complexity index is 1370. The van der Waals surface area contributed by atoms with E-state index in [1.807, 2.05) is 49.4 Å². The van der Waals surface area contributed by atoms with Crippen molar-refractivity contribution in [2.75, 3.05) is 6.61 Å². The van der Waals surface area contributed by atoms with Gasteiger partial charge in [-0.15, -0.1) is 0 Å². The van der Waals surface area contributed by atoms with Gasteiger partial charge in [-0.05, 0) is 72.5 Å². The molecule has 38 heavy (non-hydrogen) atoms. The van der Waals surface area contributed by atoms with Gasteiger partial charge in [-0.2, -0.15) is 0 Å². The zero-order valence-electron chi connectivity index (χ0n) is 21.7. The quantitative estimate of drug-likeness (QED) is 0.174. The molecule has 1 aromatic heterocycles. The molecule has 0 spiro atoms. The van der Waals surface area contributed by atoms with Crippen molar-refractivity contribution in [1.29, 1.82) is 0 Å². The third kappa shape index (κ3) is 5.14. The molecule has 2 aliphatic rings. The number of unbranched alkanes of at least 4 members (excludes halogenated alkanes) is 2. The summed E-state index contributed by atoms with van der Waals surface area (Å²) in [6.45, 7) is 4.92. The van der Waals surface area contributed by atoms with Gasteiger partial charge in [0.25, 0.3) is 11.7 Å². The lowest BCUT2D eigenvalue weighted by Gasteiger charge is -2.26. The van der Waals surface area contributed by atoms with Gasteiger partial charge in [0, 0.05) is 30.9 Å². The lowest BCUT2D eigenvalue weighted by molar-refractivity contribution is -0.140. The van der Waals surface area contributed by atoms with Crippen LogP contribution in [0.25, 0.3) is 5.76 Å². The third-order valence-corrected chi connectivity index (χ3v) is 7.00. The smallest absolute Gasteiger partial charge is 0.295 e. The molecule has 0 unspecified atom stereocenters. The van der Waals surface area contributed by atoms with E-state index in [-0.39, 0.29) is 24.0 Å². The average Bonchev–Trinajstić information content (AvgIpc) is 3.42. The van der Waals surface area contributed by atoms with Gasteiger partial charge in [0.1, 0.15) is 23.4 Å². The summed E-state index contributed by atoms with van der Waals surface area (Å²) in [4.78, 5) is 32.4. The summed E-state index contributed by atoms with van der Waals surface area (Å²) in [5.74, 6) is -0.114. The van der Waals surface area contributed by atoms with Crippen molar-refractivity contribution in [2.24, 2.45) is 0 Å². The van der Waals surface area contributed by atoms with E-state index in [4.69, 9.17) is 9.47 Å². The van der Waals surface area contributed by atoms with E-state index >= 15 is 0 Å². The fourth-order valence-corrected chi connectivity index (χ4v) is 5.12. The standard InChI is InChI=1S/C31H32N2O5/c1-3-4-5-15-37-25-8-6-7-22(18-25)28-27(29(34)23-9-10-26-24(17-23)16-20(2)38-26)30(35)31(36)33(28)19-21-11-13-32-14-12-21/h6-14,17-18,20,28,34H,3-5,15-16,19H2,1-2H3/b29-27+/t20-,28+/m1/s1. The van der Waals surface area contributed by atoms with Crippen molar-refractivity contribution in [3.63, 3.8) is 0 Å². The van der Waals surface area contributed by atoms with Crippen molar-refractivity contribution in [3.05, 3.63) is 94.8 Å². The number of ether oxygens (including phenoxy) is 2. The highest BCUT2D eigenvalue weighted by atomic mass is 16.5. The van der Waals surface area contributed by atoms with Crippen LogP contribution in [0.5, 0.6) is 11.5 Å². The van der Waals surface area contributed by atoms with E-state index in [9.17, 15) is 14.7 Å². The highest BCUT2D eigenvalue weighted by molar-refractivity contribution is 6.46. The molecular weight excluding hydrogens is 480 g/mol. The Balaban J connectivity index is 1.56. The Labute approximate surface area is 222 Å². The van der Waals surface area contributed by atoms with Crippen LogP contribution in [0.2, 0.25) is 0 Å². The van der Waals surface area contributed by atoms with Gasteiger partial charge < -0.3 is 19.5 Å². The third-order valence-electron chi connectivity index (χ3n) is 7.00. The summed E-state index contributed by atoms with van der Waals surface area (Å²) >= 11 is 0. The van der Waals surface area contributed by atoms with Gasteiger partial charge in [0.15, 0.2) is 0 Å². The summed E-state index contributed by atoms with van der Waals surface area (Å²) in [6, 6.07) is 15.7. The number of nitrogens with zero attached hydrogens (tertiary/aromatic N) is 2. The summed E-state index contributed by atoms with van der Waals surface area (Å²) in [7, 11) is 0. The fourth-order valence-electron chi connectivity index (χ4n) is 5.12. The normalized spacial score (nSPS) is 19.9. The van der Waals surface area contributed by atoms with Crippen LogP contribution < -0.4 is 9.47 Å². The molecule has 1 saturated heterocycles. The molecule has 3 heterocycles. The van der Waals surface area contributed by atoms with Crippen LogP contribution in [0.4, 0.5) is 0 Å². The first-order chi connectivity index (χ1) is 18.5. The number of carbonyl (C=O) groups is 2. The number of rotatable bonds is 9. The van der Waals surface area contributed by atoms with Gasteiger partial charge in [-0.25, -0.2) is 0 Å². The number of carbonyl (C=O) groups excluding carboxylic acids is 2. The van der Waals surface area contributed by atoms with E-state index in [1.54, 1.807) is 24.5 Å². The van der Waals surface area contributed by atoms with Gasteiger partial charge in [-0.3, -0.25) is 14.6 Å². The largest absolute Gasteiger partial charge is 0.507 e. The second-order valence-electron chi connectivity index (χ2n) is 9.87. The molecule has 2 aromatic carbocycles. The number of hydrogen-bond acceptors (Lipinski definition) is 6. The van der Waals surface area contributed by atoms with Crippen LogP contribution in [0, 0.1) is 0 Å². The molecule has 1 fully saturated rings. The lowest BCUT2D eigenvalue weighted by atomic mass is 9.94. The first-order valence-corrected chi connectivity index (χ1v) is 13.2. The molecule has 0 bridgehead atoms. The molecule has 2 aliphatic heterocycles. The topological polar surface area (TPSA) is 89.0 Å². The summed E-state index contributed by atoms with van der Waals surface area (Å²) in [5, 5.41) is 11.5. The number of benzene rings is 2. The summed E-state index contributed by atoms with van der Waals surface area (Å²) in [5.41, 5.74) is 3.06. The number of aromatic nitrogens is 1. The van der Waals surface area contributed by atoms with Crippen LogP contribution in [0.3, 0.4) is 0 Å². The number of hydrogen-bond donors (Lipinski definition) is 1. The molecule has 196 valence electrons. The number of likely N-dealkylation sites (tertiary alicyclic amines) is 1. The van der Waals surface area contributed by atoms with Crippen molar-refractivity contribution in [1.82, 2.24) is 9.88 Å². The summed E-state index contributed by atoms with van der Waals surface area (Å²) < 4.78 is 11.8. The van der Waals surface area contributed by atoms with Crippen molar-refractivity contribution in [3.8, 4) is 11.5 Å². The van der Waals surface area contributed by atoms with E-state index in [0.717, 1.165) is 36.1 Å². The number of amides is 1. The Morgan fingerprint density at radius 1 is 1.11 bits per heavy atom. The van der Waals surface area contributed by atoms with Gasteiger partial charge in [-0.1, -0.05) is 31.9 Å². The minimum Gasteiger partial charge on any atom is -0.507 e. The highest BCUT2D eigenvalue weighted by Crippen LogP contribution is 2.42. The van der Waals surface area contributed by atoms with Gasteiger partial charge in [0.05, 0.1) is 18.2 Å². The molecule has 0 aliphatic carbocycles. The monoisotopic (exact) mass is 512 g/mol. The minimum absolute atomic E-state index is 0.0494. The Morgan fingerprint density at radius 3 is 2.71 bits per heavy atom. The second-order valence-corrected chi connectivity index (χ2v) is 9.87. The molecule has 2 atom stereocenters. The predicted molar refractivity (Wildman–Crippen MR) is 144 cm³/mol. The zero-order valence-corrected chi connectivity index (χ0v) is 21.7. The fraction of sp³-hybridized carbons (Fsp3) is 0.323. The summed E-state index contributed by atoms with van der Waals surface area (Å²) in [6.07, 6.45) is 7.19. The Hall–Kier alpha value is -4.13. The lowest BCUT2D eigenvalue weighted by Crippen LogP contribution is -2.29. The maximum absolute atomic E-state index is 13.4. The first-order valence-electron chi connectivity index (χ1n) is 13.2. The van der Waals surface area contributed by atoms with Crippen LogP contribution in [0.1, 0.15) is 61.4 Å². The van der Waals surface area contributed by atoms with Crippen LogP contribution in [-0.4, -0.2) is 39.4 Å². The van der Waals surface area contributed by atoms with E-state index < -0.39 is 17.7 Å². The van der Waals surface area contributed by atoms with E-state index in [0.29, 0.717) is 29.9 Å². The Morgan fingerprint density at radius 2 is 1.92 bits per heavy atom. The molecule has 0 saturated carbocycles. The maximum atomic E-state index is 13.4. The van der Waals surface area contributed by atoms with Gasteiger partial charge in [0.2, 0.25) is 0 Å². The van der Waals surface area contributed by atoms with Crippen LogP contribution in [0.15, 0.2) is 72.6 Å². The SMILES string of the molecule is CCCCCOc1cccc([C@H]2/C(=C(\O)c3ccc4c(c3)C[C@@H](C)O4)C(=O)C(=O)N2Cc2ccncc2)c1. The molecule has 1 amide bonds. The minimum atomic E-state index is -0.772. The number of Topliss-reactive ketones (excluding diaryl/α,β-unsaturated/α-hetero) is 1. The zero-order chi connectivity index (χ0) is 26.6.